The van der Waals surface area contributed by atoms with Crippen LogP contribution in [0.2, 0.25) is 0 Å². The van der Waals surface area contributed by atoms with Crippen molar-refractivity contribution in [3.05, 3.63) is 0 Å². The Bertz CT molecular complexity index is 195. The predicted molar refractivity (Wildman–Crippen MR) is 60.3 cm³/mol. The number of carbonyl (C=O) groups is 2. The lowest BCUT2D eigenvalue weighted by atomic mass is 9.96. The number of unbranched alkanes of at least 4 members (excludes halogenated alkanes) is 3. The van der Waals surface area contributed by atoms with E-state index in [-0.39, 0.29) is 11.5 Å². The molecule has 0 saturated heterocycles. The van der Waals surface area contributed by atoms with Crippen molar-refractivity contribution in [2.45, 2.75) is 39.0 Å². The number of nitrogens with two attached hydrogens (primary N) is 1. The third-order valence-electron chi connectivity index (χ3n) is 2.23. The van der Waals surface area contributed by atoms with E-state index in [9.17, 15) is 9.59 Å². The van der Waals surface area contributed by atoms with Crippen LogP contribution in [-0.4, -0.2) is 17.4 Å². The fraction of sp³-hybridized carbons (Fsp3) is 0.800. The average Bonchev–Trinajstić information content (AvgIpc) is 2.16. The smallest absolute Gasteiger partial charge is 0.228 e. The number of rotatable bonds is 8. The van der Waals surface area contributed by atoms with Crippen molar-refractivity contribution in [2.75, 3.05) is 5.75 Å². The number of hydrogen-bond donors (Lipinski definition) is 2. The topological polar surface area (TPSA) is 60.2 Å². The Kier molecular flexibility index (Phi) is 7.57. The molecule has 1 amide bonds. The van der Waals surface area contributed by atoms with Crippen LogP contribution in [0.4, 0.5) is 0 Å². The fourth-order valence-corrected chi connectivity index (χ4v) is 1.57. The zero-order valence-corrected chi connectivity index (χ0v) is 9.56. The molecule has 0 aliphatic carbocycles. The number of ketones is 1. The molecule has 3 nitrogen and oxygen atoms in total. The van der Waals surface area contributed by atoms with E-state index in [0.29, 0.717) is 6.42 Å². The van der Waals surface area contributed by atoms with Crippen molar-refractivity contribution in [2.24, 2.45) is 11.7 Å². The molecule has 0 aromatic heterocycles. The van der Waals surface area contributed by atoms with Gasteiger partial charge in [-0.05, 0) is 6.42 Å². The van der Waals surface area contributed by atoms with Crippen LogP contribution in [0.25, 0.3) is 0 Å². The molecule has 0 bridgehead atoms. The fourth-order valence-electron chi connectivity index (χ4n) is 1.35. The van der Waals surface area contributed by atoms with Crippen LogP contribution >= 0.6 is 12.6 Å². The maximum absolute atomic E-state index is 11.2. The van der Waals surface area contributed by atoms with Crippen molar-refractivity contribution in [3.63, 3.8) is 0 Å². The number of hydrogen-bond acceptors (Lipinski definition) is 3. The second-order valence-corrected chi connectivity index (χ2v) is 3.74. The van der Waals surface area contributed by atoms with Gasteiger partial charge in [0.05, 0.1) is 11.7 Å². The lowest BCUT2D eigenvalue weighted by Gasteiger charge is -2.10. The molecule has 0 aliphatic rings. The van der Waals surface area contributed by atoms with E-state index >= 15 is 0 Å². The molecule has 1 atom stereocenters. The predicted octanol–water partition coefficient (Wildman–Crippen LogP) is 1.56. The molecule has 0 rings (SSSR count). The minimum Gasteiger partial charge on any atom is -0.369 e. The molecule has 14 heavy (non-hydrogen) atoms. The summed E-state index contributed by atoms with van der Waals surface area (Å²) in [7, 11) is 0. The summed E-state index contributed by atoms with van der Waals surface area (Å²) in [5.41, 5.74) is 5.13. The highest BCUT2D eigenvalue weighted by Gasteiger charge is 2.21. The summed E-state index contributed by atoms with van der Waals surface area (Å²) in [4.78, 5) is 22.2. The second kappa shape index (κ2) is 7.85. The molecule has 0 aromatic rings. The van der Waals surface area contributed by atoms with Crippen LogP contribution in [-0.2, 0) is 9.59 Å². The lowest BCUT2D eigenvalue weighted by molar-refractivity contribution is -0.131. The zero-order chi connectivity index (χ0) is 11.0. The molecule has 2 N–H and O–H groups in total. The highest BCUT2D eigenvalue weighted by atomic mass is 32.1. The third-order valence-corrected chi connectivity index (χ3v) is 2.55. The van der Waals surface area contributed by atoms with E-state index in [2.05, 4.69) is 19.6 Å². The van der Waals surface area contributed by atoms with Gasteiger partial charge in [0, 0.05) is 0 Å². The largest absolute Gasteiger partial charge is 0.369 e. The second-order valence-electron chi connectivity index (χ2n) is 3.43. The van der Waals surface area contributed by atoms with Crippen molar-refractivity contribution < 1.29 is 9.59 Å². The van der Waals surface area contributed by atoms with E-state index in [1.165, 1.54) is 0 Å². The number of amides is 1. The molecule has 0 saturated carbocycles. The van der Waals surface area contributed by atoms with Gasteiger partial charge in [-0.1, -0.05) is 32.6 Å². The summed E-state index contributed by atoms with van der Waals surface area (Å²) in [5.74, 6) is -1.19. The first kappa shape index (κ1) is 13.5. The molecule has 0 spiro atoms. The third kappa shape index (κ3) is 5.27. The summed E-state index contributed by atoms with van der Waals surface area (Å²) >= 11 is 3.86. The van der Waals surface area contributed by atoms with E-state index < -0.39 is 11.8 Å². The van der Waals surface area contributed by atoms with E-state index in [0.717, 1.165) is 25.7 Å². The number of thiol groups is 1. The van der Waals surface area contributed by atoms with Crippen molar-refractivity contribution in [3.8, 4) is 0 Å². The van der Waals surface area contributed by atoms with Crippen LogP contribution < -0.4 is 5.73 Å². The van der Waals surface area contributed by atoms with Crippen LogP contribution in [0.5, 0.6) is 0 Å². The van der Waals surface area contributed by atoms with E-state index in [4.69, 9.17) is 5.73 Å². The maximum Gasteiger partial charge on any atom is 0.228 e. The number of carbonyl (C=O) groups excluding carboxylic acids is 2. The summed E-state index contributed by atoms with van der Waals surface area (Å²) in [5, 5.41) is 0. The molecule has 4 heteroatoms. The summed E-state index contributed by atoms with van der Waals surface area (Å²) in [6, 6.07) is 0. The van der Waals surface area contributed by atoms with E-state index in [1.807, 2.05) is 0 Å². The van der Waals surface area contributed by atoms with Gasteiger partial charge in [0.15, 0.2) is 5.78 Å². The quantitative estimate of drug-likeness (QED) is 0.368. The molecule has 0 radical (unpaired) electrons. The summed E-state index contributed by atoms with van der Waals surface area (Å²) < 4.78 is 0. The molecule has 82 valence electrons. The molecule has 1 unspecified atom stereocenters. The van der Waals surface area contributed by atoms with Gasteiger partial charge >= 0.3 is 0 Å². The van der Waals surface area contributed by atoms with Crippen LogP contribution in [0, 0.1) is 5.92 Å². The Morgan fingerprint density at radius 3 is 2.36 bits per heavy atom. The standard InChI is InChI=1S/C10H19NO2S/c1-2-3-4-5-6-8(10(11)13)9(12)7-14/h8,14H,2-7H2,1H3,(H2,11,13). The maximum atomic E-state index is 11.2. The van der Waals surface area contributed by atoms with Crippen molar-refractivity contribution >= 4 is 24.3 Å². The Hall–Kier alpha value is -0.510. The highest BCUT2D eigenvalue weighted by molar-refractivity contribution is 7.81. The van der Waals surface area contributed by atoms with Crippen molar-refractivity contribution in [1.82, 2.24) is 0 Å². The number of primary amides is 1. The van der Waals surface area contributed by atoms with Crippen LogP contribution in [0.3, 0.4) is 0 Å². The van der Waals surface area contributed by atoms with Gasteiger partial charge in [0.25, 0.3) is 0 Å². The first-order valence-electron chi connectivity index (χ1n) is 5.06. The van der Waals surface area contributed by atoms with Crippen LogP contribution in [0.15, 0.2) is 0 Å². The molecule has 0 fully saturated rings. The Morgan fingerprint density at radius 2 is 1.93 bits per heavy atom. The van der Waals surface area contributed by atoms with Gasteiger partial charge in [0.1, 0.15) is 0 Å². The average molecular weight is 217 g/mol. The SMILES string of the molecule is CCCCCCC(C(N)=O)C(=O)CS. The van der Waals surface area contributed by atoms with Crippen LogP contribution in [0.1, 0.15) is 39.0 Å². The lowest BCUT2D eigenvalue weighted by Crippen LogP contribution is -2.31. The normalized spacial score (nSPS) is 12.4. The Morgan fingerprint density at radius 1 is 1.29 bits per heavy atom. The van der Waals surface area contributed by atoms with Gasteiger partial charge in [-0.3, -0.25) is 9.59 Å². The molecular formula is C10H19NO2S. The van der Waals surface area contributed by atoms with Gasteiger partial charge in [-0.25, -0.2) is 0 Å². The highest BCUT2D eigenvalue weighted by Crippen LogP contribution is 2.12. The molecule has 0 aliphatic heterocycles. The molecule has 0 aromatic carbocycles. The minimum absolute atomic E-state index is 0.0986. The Balaban J connectivity index is 3.86. The van der Waals surface area contributed by atoms with Gasteiger partial charge < -0.3 is 5.73 Å². The summed E-state index contributed by atoms with van der Waals surface area (Å²) in [6.45, 7) is 2.12. The first-order valence-corrected chi connectivity index (χ1v) is 5.69. The molecule has 0 heterocycles. The van der Waals surface area contributed by atoms with Gasteiger partial charge in [-0.2, -0.15) is 12.6 Å². The first-order chi connectivity index (χ1) is 6.63. The monoisotopic (exact) mass is 217 g/mol. The Labute approximate surface area is 90.8 Å². The van der Waals surface area contributed by atoms with E-state index in [1.54, 1.807) is 0 Å². The van der Waals surface area contributed by atoms with Gasteiger partial charge in [-0.15, -0.1) is 0 Å². The zero-order valence-electron chi connectivity index (χ0n) is 8.66. The van der Waals surface area contributed by atoms with Crippen molar-refractivity contribution in [1.29, 1.82) is 0 Å². The number of Topliss-reactive ketones (excluding diaryl/α,β-unsaturated/α-hetero) is 1. The van der Waals surface area contributed by atoms with Gasteiger partial charge in [0.2, 0.25) is 5.91 Å². The summed E-state index contributed by atoms with van der Waals surface area (Å²) in [6.07, 6.45) is 4.80. The minimum atomic E-state index is -0.621. The molecular weight excluding hydrogens is 198 g/mol.